The maximum atomic E-state index is 3.67. The first-order valence-corrected chi connectivity index (χ1v) is 1.70. The molecule has 0 fully saturated rings. The molecule has 7 heavy (non-hydrogen) atoms. The summed E-state index contributed by atoms with van der Waals surface area (Å²) in [7, 11) is 0. The van der Waals surface area contributed by atoms with Crippen molar-refractivity contribution in [2.75, 3.05) is 0 Å². The molecule has 0 unspecified atom stereocenters. The van der Waals surface area contributed by atoms with Gasteiger partial charge in [0, 0.05) is 28.9 Å². The van der Waals surface area contributed by atoms with Gasteiger partial charge in [0.1, 0.15) is 6.33 Å². The van der Waals surface area contributed by atoms with Crippen molar-refractivity contribution in [3.8, 4) is 0 Å². The fourth-order valence-corrected chi connectivity index (χ4v) is 0.253. The second-order valence-corrected chi connectivity index (χ2v) is 0.904. The first-order valence-electron chi connectivity index (χ1n) is 1.70. The normalized spacial score (nSPS) is 6.86. The van der Waals surface area contributed by atoms with Crippen molar-refractivity contribution < 1.29 is 16.5 Å². The van der Waals surface area contributed by atoms with Gasteiger partial charge in [-0.25, -0.2) is 9.97 Å². The standard InChI is InChI=1S/C4H4N2.Ni/c1-2-5-4-6-3-1;/h1-4H;. The molecular formula is C4H4N2Ni. The molecule has 0 bridgehead atoms. The molecule has 0 aliphatic rings. The maximum absolute atomic E-state index is 3.67. The topological polar surface area (TPSA) is 25.8 Å². The number of hydrogen-bond acceptors (Lipinski definition) is 2. The average molecular weight is 139 g/mol. The van der Waals surface area contributed by atoms with E-state index in [1.165, 1.54) is 6.33 Å². The van der Waals surface area contributed by atoms with Gasteiger partial charge in [-0.15, -0.1) is 0 Å². The van der Waals surface area contributed by atoms with E-state index in [2.05, 4.69) is 9.97 Å². The molecule has 0 aliphatic heterocycles. The summed E-state index contributed by atoms with van der Waals surface area (Å²) >= 11 is 0. The second-order valence-electron chi connectivity index (χ2n) is 0.904. The maximum Gasteiger partial charge on any atom is 0.115 e. The summed E-state index contributed by atoms with van der Waals surface area (Å²) < 4.78 is 0. The molecule has 0 atom stereocenters. The summed E-state index contributed by atoms with van der Waals surface area (Å²) in [6, 6.07) is 1.78. The summed E-state index contributed by atoms with van der Waals surface area (Å²) in [6.45, 7) is 0. The van der Waals surface area contributed by atoms with Crippen LogP contribution in [0.1, 0.15) is 0 Å². The first kappa shape index (κ1) is 6.57. The Balaban J connectivity index is 0.000000360. The van der Waals surface area contributed by atoms with Gasteiger partial charge in [0.15, 0.2) is 0 Å². The van der Waals surface area contributed by atoms with E-state index in [0.29, 0.717) is 0 Å². The van der Waals surface area contributed by atoms with Gasteiger partial charge in [0.25, 0.3) is 0 Å². The van der Waals surface area contributed by atoms with Gasteiger partial charge in [0.05, 0.1) is 0 Å². The van der Waals surface area contributed by atoms with Crippen molar-refractivity contribution >= 4 is 0 Å². The van der Waals surface area contributed by atoms with Crippen LogP contribution >= 0.6 is 0 Å². The molecule has 1 aromatic rings. The molecule has 1 rings (SSSR count). The number of rotatable bonds is 0. The predicted molar refractivity (Wildman–Crippen MR) is 22.0 cm³/mol. The Labute approximate surface area is 51.9 Å². The van der Waals surface area contributed by atoms with Gasteiger partial charge in [-0.05, 0) is 6.07 Å². The van der Waals surface area contributed by atoms with Crippen LogP contribution in [0, 0.1) is 0 Å². The van der Waals surface area contributed by atoms with Crippen LogP contribution in [0.25, 0.3) is 0 Å². The van der Waals surface area contributed by atoms with E-state index in [-0.39, 0.29) is 16.5 Å². The minimum atomic E-state index is 0. The molecule has 0 radical (unpaired) electrons. The molecule has 0 N–H and O–H groups in total. The van der Waals surface area contributed by atoms with E-state index in [4.69, 9.17) is 0 Å². The number of aromatic nitrogens is 2. The zero-order valence-corrected chi connectivity index (χ0v) is 4.51. The van der Waals surface area contributed by atoms with Crippen LogP contribution in [-0.4, -0.2) is 9.97 Å². The van der Waals surface area contributed by atoms with Crippen LogP contribution in [0.3, 0.4) is 0 Å². The third-order valence-electron chi connectivity index (χ3n) is 0.478. The fraction of sp³-hybridized carbons (Fsp3) is 0. The molecule has 2 nitrogen and oxygen atoms in total. The molecule has 0 amide bonds. The van der Waals surface area contributed by atoms with Crippen molar-refractivity contribution in [2.45, 2.75) is 0 Å². The molecule has 40 valence electrons. The Hall–Kier alpha value is -0.426. The third kappa shape index (κ3) is 2.29. The van der Waals surface area contributed by atoms with E-state index in [1.807, 2.05) is 0 Å². The Morgan fingerprint density at radius 2 is 1.57 bits per heavy atom. The van der Waals surface area contributed by atoms with Gasteiger partial charge in [-0.2, -0.15) is 0 Å². The Kier molecular flexibility index (Phi) is 3.52. The monoisotopic (exact) mass is 138 g/mol. The first-order chi connectivity index (χ1) is 3.00. The van der Waals surface area contributed by atoms with Gasteiger partial charge in [-0.3, -0.25) is 0 Å². The molecule has 0 aromatic carbocycles. The number of nitrogens with zero attached hydrogens (tertiary/aromatic N) is 2. The van der Waals surface area contributed by atoms with Crippen LogP contribution in [0.2, 0.25) is 0 Å². The fourth-order valence-electron chi connectivity index (χ4n) is 0.253. The van der Waals surface area contributed by atoms with Gasteiger partial charge in [0.2, 0.25) is 0 Å². The van der Waals surface area contributed by atoms with Gasteiger partial charge >= 0.3 is 0 Å². The molecular weight excluding hydrogens is 135 g/mol. The van der Waals surface area contributed by atoms with Crippen LogP contribution in [0.4, 0.5) is 0 Å². The molecule has 0 aliphatic carbocycles. The van der Waals surface area contributed by atoms with Crippen molar-refractivity contribution in [2.24, 2.45) is 0 Å². The Morgan fingerprint density at radius 3 is 1.71 bits per heavy atom. The molecule has 0 saturated heterocycles. The van der Waals surface area contributed by atoms with Crippen molar-refractivity contribution in [3.05, 3.63) is 24.8 Å². The zero-order chi connectivity index (χ0) is 4.24. The molecule has 1 heterocycles. The van der Waals surface area contributed by atoms with Crippen molar-refractivity contribution in [3.63, 3.8) is 0 Å². The second kappa shape index (κ2) is 3.75. The summed E-state index contributed by atoms with van der Waals surface area (Å²) in [5, 5.41) is 0. The van der Waals surface area contributed by atoms with E-state index in [0.717, 1.165) is 0 Å². The summed E-state index contributed by atoms with van der Waals surface area (Å²) in [4.78, 5) is 7.35. The quantitative estimate of drug-likeness (QED) is 0.488. The zero-order valence-electron chi connectivity index (χ0n) is 3.52. The van der Waals surface area contributed by atoms with Gasteiger partial charge < -0.3 is 0 Å². The minimum absolute atomic E-state index is 0. The van der Waals surface area contributed by atoms with Crippen LogP contribution in [0.15, 0.2) is 24.8 Å². The Bertz CT molecular complexity index is 81.6. The van der Waals surface area contributed by atoms with E-state index in [1.54, 1.807) is 18.5 Å². The minimum Gasteiger partial charge on any atom is -0.245 e. The van der Waals surface area contributed by atoms with Crippen LogP contribution in [0.5, 0.6) is 0 Å². The van der Waals surface area contributed by atoms with Gasteiger partial charge in [-0.1, -0.05) is 0 Å². The van der Waals surface area contributed by atoms with Crippen LogP contribution < -0.4 is 0 Å². The van der Waals surface area contributed by atoms with E-state index in [9.17, 15) is 0 Å². The van der Waals surface area contributed by atoms with E-state index >= 15 is 0 Å². The van der Waals surface area contributed by atoms with Crippen molar-refractivity contribution in [1.29, 1.82) is 0 Å². The number of hydrogen-bond donors (Lipinski definition) is 0. The summed E-state index contributed by atoms with van der Waals surface area (Å²) in [5.74, 6) is 0. The molecule has 1 aromatic heterocycles. The predicted octanol–water partition coefficient (Wildman–Crippen LogP) is 0.474. The smallest absolute Gasteiger partial charge is 0.115 e. The largest absolute Gasteiger partial charge is 0.245 e. The van der Waals surface area contributed by atoms with E-state index < -0.39 is 0 Å². The average Bonchev–Trinajstić information content (AvgIpc) is 1.72. The molecule has 3 heteroatoms. The van der Waals surface area contributed by atoms with Crippen LogP contribution in [-0.2, 0) is 16.5 Å². The summed E-state index contributed by atoms with van der Waals surface area (Å²) in [5.41, 5.74) is 0. The molecule has 0 saturated carbocycles. The third-order valence-corrected chi connectivity index (χ3v) is 0.478. The van der Waals surface area contributed by atoms with Crippen molar-refractivity contribution in [1.82, 2.24) is 9.97 Å². The Morgan fingerprint density at radius 1 is 1.00 bits per heavy atom. The SMILES string of the molecule is [Ni].c1cncnc1. The summed E-state index contributed by atoms with van der Waals surface area (Å²) in [6.07, 6.45) is 4.88. The molecule has 0 spiro atoms.